The van der Waals surface area contributed by atoms with Crippen molar-refractivity contribution in [2.75, 3.05) is 54.1 Å². The van der Waals surface area contributed by atoms with Crippen LogP contribution in [-0.2, 0) is 77.3 Å². The normalized spacial score (nSPS) is 12.6. The zero-order valence-electron chi connectivity index (χ0n) is 75.4. The summed E-state index contributed by atoms with van der Waals surface area (Å²) in [5.41, 5.74) is 48.8. The molecule has 0 saturated carbocycles. The maximum atomic E-state index is 14.4. The second kappa shape index (κ2) is 59.6. The molecular formula is C84H101ClF12N18O22S4. The zero-order chi connectivity index (χ0) is 106. The third-order valence-corrected chi connectivity index (χ3v) is 23.0. The quantitative estimate of drug-likeness (QED) is 0.00195. The van der Waals surface area contributed by atoms with Gasteiger partial charge in [-0.1, -0.05) is 0 Å². The molecule has 0 aromatic heterocycles. The molecule has 1 amide bonds. The summed E-state index contributed by atoms with van der Waals surface area (Å²) in [5, 5.41) is 17.2. The molecule has 40 nitrogen and oxygen atoms in total. The molecule has 774 valence electrons. The summed E-state index contributed by atoms with van der Waals surface area (Å²) in [4.78, 5) is 72.9. The Kier molecular flexibility index (Phi) is 51.4. The van der Waals surface area contributed by atoms with Crippen molar-refractivity contribution in [3.8, 4) is 46.0 Å². The van der Waals surface area contributed by atoms with Crippen LogP contribution in [0.3, 0.4) is 0 Å². The molecule has 24 N–H and O–H groups in total. The third kappa shape index (κ3) is 45.0. The van der Waals surface area contributed by atoms with Gasteiger partial charge in [0.25, 0.3) is 15.0 Å². The van der Waals surface area contributed by atoms with E-state index in [1.807, 2.05) is 9.44 Å². The predicted molar refractivity (Wildman–Crippen MR) is 490 cm³/mol. The first-order valence-electron chi connectivity index (χ1n) is 40.5. The van der Waals surface area contributed by atoms with Gasteiger partial charge in [-0.05, 0) is 231 Å². The summed E-state index contributed by atoms with van der Waals surface area (Å²) in [6, 6.07) is 16.1. The van der Waals surface area contributed by atoms with E-state index >= 15 is 0 Å². The van der Waals surface area contributed by atoms with Gasteiger partial charge in [0.05, 0.1) is 58.4 Å². The number of rotatable bonds is 43. The fourth-order valence-corrected chi connectivity index (χ4v) is 15.0. The fourth-order valence-electron chi connectivity index (χ4n) is 10.5. The van der Waals surface area contributed by atoms with Gasteiger partial charge in [-0.25, -0.2) is 91.8 Å². The second-order valence-corrected chi connectivity index (χ2v) is 36.2. The van der Waals surface area contributed by atoms with Crippen LogP contribution < -0.4 is 90.2 Å². The number of carboxylic acid groups (broad SMARTS) is 1. The molecule has 0 radical (unpaired) electrons. The Hall–Kier alpha value is -13.7. The number of hydroxylamine groups is 1. The molecule has 0 aliphatic heterocycles. The van der Waals surface area contributed by atoms with Crippen molar-refractivity contribution in [3.05, 3.63) is 215 Å². The van der Waals surface area contributed by atoms with Crippen LogP contribution in [-0.4, -0.2) is 187 Å². The van der Waals surface area contributed by atoms with Gasteiger partial charge in [-0.15, -0.1) is 0 Å². The first-order valence-corrected chi connectivity index (χ1v) is 47.3. The molecule has 0 saturated heterocycles. The van der Waals surface area contributed by atoms with Gasteiger partial charge in [-0.2, -0.15) is 14.2 Å². The largest absolute Gasteiger partial charge is 0.480 e. The fraction of sp³-hybridized carbons (Fsp3) is 0.310. The van der Waals surface area contributed by atoms with Crippen LogP contribution in [0.2, 0.25) is 0 Å². The van der Waals surface area contributed by atoms with Crippen molar-refractivity contribution in [3.63, 3.8) is 0 Å². The van der Waals surface area contributed by atoms with E-state index in [9.17, 15) is 110 Å². The molecular weight excluding hydrogens is 2000 g/mol. The van der Waals surface area contributed by atoms with Crippen LogP contribution in [0.4, 0.5) is 52.7 Å². The number of nitrogens with two attached hydrogens (primary N) is 9. The van der Waals surface area contributed by atoms with E-state index in [0.717, 1.165) is 106 Å². The Bertz CT molecular complexity index is 5640. The average Bonchev–Trinajstić information content (AvgIpc) is 0.799. The van der Waals surface area contributed by atoms with Crippen molar-refractivity contribution < 1.29 is 154 Å². The summed E-state index contributed by atoms with van der Waals surface area (Å²) in [5.74, 6) is -19.6. The lowest BCUT2D eigenvalue weighted by Gasteiger charge is -2.17. The van der Waals surface area contributed by atoms with Crippen molar-refractivity contribution in [1.29, 1.82) is 0 Å². The highest BCUT2D eigenvalue weighted by molar-refractivity contribution is 8.13. The molecule has 141 heavy (non-hydrogen) atoms. The number of esters is 3. The molecule has 8 aromatic carbocycles. The lowest BCUT2D eigenvalue weighted by molar-refractivity contribution is -0.143. The van der Waals surface area contributed by atoms with Gasteiger partial charge in [-0.3, -0.25) is 54.1 Å². The number of sulfonamides is 3. The molecule has 0 unspecified atom stereocenters. The number of guanidine groups is 2. The van der Waals surface area contributed by atoms with Gasteiger partial charge >= 0.3 is 23.9 Å². The van der Waals surface area contributed by atoms with Crippen LogP contribution >= 0.6 is 10.7 Å². The highest BCUT2D eigenvalue weighted by Gasteiger charge is 2.33. The van der Waals surface area contributed by atoms with E-state index in [1.165, 1.54) is 24.7 Å². The second-order valence-electron chi connectivity index (χ2n) is 28.5. The average molecular weight is 2110 g/mol. The number of nitrogens with one attached hydrogen (secondary N) is 4. The van der Waals surface area contributed by atoms with Crippen LogP contribution in [0, 0.1) is 69.8 Å². The predicted octanol–water partition coefficient (Wildman–Crippen LogP) is 8.77. The number of amides is 1. The Labute approximate surface area is 805 Å². The van der Waals surface area contributed by atoms with Crippen molar-refractivity contribution in [2.45, 2.75) is 135 Å². The van der Waals surface area contributed by atoms with E-state index in [2.05, 4.69) is 43.9 Å². The molecule has 8 rings (SSSR count). The number of nitrogens with zero attached hydrogens (tertiary/aromatic N) is 5. The number of amidine groups is 3. The summed E-state index contributed by atoms with van der Waals surface area (Å²) in [6.07, 6.45) is 2.89. The smallest absolute Gasteiger partial charge is 0.323 e. The van der Waals surface area contributed by atoms with Gasteiger partial charge in [0.15, 0.2) is 81.5 Å². The number of aliphatic carboxylic acids is 1. The monoisotopic (exact) mass is 2100 g/mol. The minimum atomic E-state index is -4.60. The van der Waals surface area contributed by atoms with Crippen LogP contribution in [0.1, 0.15) is 85.0 Å². The minimum absolute atomic E-state index is 0.00863. The van der Waals surface area contributed by atoms with Crippen LogP contribution in [0.25, 0.3) is 0 Å². The topological polar surface area (TPSA) is 671 Å². The number of carbonyl (C=O) groups excluding carboxylic acids is 4. The number of carboxylic acids is 1. The summed E-state index contributed by atoms with van der Waals surface area (Å²) in [7, 11) is -9.45. The third-order valence-electron chi connectivity index (χ3n) is 17.3. The summed E-state index contributed by atoms with van der Waals surface area (Å²) < 4.78 is 303. The molecule has 0 aliphatic rings. The maximum absolute atomic E-state index is 14.4. The maximum Gasteiger partial charge on any atom is 0.323 e. The van der Waals surface area contributed by atoms with Gasteiger partial charge in [0, 0.05) is 43.4 Å². The molecule has 57 heteroatoms. The number of carbonyl (C=O) groups is 5. The number of hydrogen-bond donors (Lipinski definition) is 15. The molecule has 8 aromatic rings. The molecule has 0 bridgehead atoms. The SMILES string of the molecule is CC(N)=NCCC[C@@H](N)C(=O)O.COC(=O)[C@@H](CCCN=C(C)N)NS(=O)(=O)c1cc(F)c(Oc2ccc(F)cc2)c(F)c1.COC(=O)[C@@H](CCCN=C(N)N)NS(=O)(=O)c1cc(F)c(Oc2ccc(F)cc2)c(F)c1.COC(=O)[C@H](N)CCCN=C(C)N.NC(N)=NCCC[C@@H](NS(=O)(=O)c1cc(F)c(Oc2ccc(F)cc2)c(F)c1)C(=O)NO.O=S(=O)(Cl)c1cc(F)c(Oc2ccc(F)cc2)c(F)c1. The standard InChI is InChI=1S/C20H22F3N3O5S.C19H21F3N4O5S.C18H20F3N5O5S.C12H6ClF3O3S.C8H17N3O2.C7H15N3O2/c1-12(24)25-9-3-4-18(20(27)30-2)26-32(28,29)15-10-16(22)19(17(23)11-15)31-14-7-5-13(21)6-8-14;1-30-18(27)16(3-2-8-25-19(23)24)26-32(28,29)13-9-14(21)17(15(22)10-13)31-12-6-4-11(20)5-7-12;19-10-3-5-11(6-4-10)31-16-13(20)8-12(9-14(16)21)32(29,30)26-15(17(27)25-28)2-1-7-24-18(22)23;13-20(17,18)9-5-10(15)12(11(16)6-9)19-8-3-1-7(14)2-4-8;1-6(9)11-5-3-4-7(10)8(12)13-2;1-5(8)10-4-2-3-6(9)7(11)12/h5-8,10-11,18,26H,3-4,9H2,1-2H3,(H2,24,25);4-7,9-10,16,26H,2-3,8H2,1H3,(H4,23,24,25);3-6,8-9,15,26,28H,1-2,7H2,(H,25,27)(H4,22,23,24);1-6H;7H,3-5,10H2,1-2H3,(H2,9,11);6H,2-4,9H2,1H3,(H2,8,10)(H,11,12)/t18-;16-;15-;;7-;6-/m111.11/s1. The molecule has 0 fully saturated rings. The summed E-state index contributed by atoms with van der Waals surface area (Å²) in [6.45, 7) is 6.57. The van der Waals surface area contributed by atoms with Crippen LogP contribution in [0.15, 0.2) is 190 Å². The van der Waals surface area contributed by atoms with Crippen LogP contribution in [0.5, 0.6) is 46.0 Å². The van der Waals surface area contributed by atoms with Crippen molar-refractivity contribution >= 4 is 109 Å². The number of hydrogen-bond acceptors (Lipinski definition) is 28. The van der Waals surface area contributed by atoms with E-state index < -0.39 is 206 Å². The molecule has 0 spiro atoms. The molecule has 5 atom stereocenters. The number of methoxy groups -OCH3 is 3. The van der Waals surface area contributed by atoms with Crippen molar-refractivity contribution in [2.24, 2.45) is 76.6 Å². The molecule has 0 heterocycles. The highest BCUT2D eigenvalue weighted by atomic mass is 35.7. The Morgan fingerprint density at radius 2 is 0.567 bits per heavy atom. The van der Waals surface area contributed by atoms with Gasteiger partial charge in [0.2, 0.25) is 30.1 Å². The Morgan fingerprint density at radius 3 is 0.787 bits per heavy atom. The van der Waals surface area contributed by atoms with Gasteiger partial charge < -0.3 is 89.9 Å². The number of halogens is 13. The summed E-state index contributed by atoms with van der Waals surface area (Å²) >= 11 is 0. The first-order chi connectivity index (χ1) is 66.0. The van der Waals surface area contributed by atoms with E-state index in [1.54, 1.807) is 20.8 Å². The number of aliphatic imine (C=N–C) groups is 5. The Balaban J connectivity index is 0.000000451. The van der Waals surface area contributed by atoms with E-state index in [-0.39, 0.29) is 92.6 Å². The van der Waals surface area contributed by atoms with E-state index in [4.69, 9.17) is 91.5 Å². The highest BCUT2D eigenvalue weighted by Crippen LogP contribution is 2.36. The Morgan fingerprint density at radius 1 is 0.348 bits per heavy atom. The lowest BCUT2D eigenvalue weighted by Crippen LogP contribution is -2.45. The lowest BCUT2D eigenvalue weighted by atomic mass is 10.1. The van der Waals surface area contributed by atoms with Gasteiger partial charge in [0.1, 0.15) is 76.5 Å². The number of benzene rings is 8. The van der Waals surface area contributed by atoms with Crippen molar-refractivity contribution in [1.82, 2.24) is 19.6 Å². The minimum Gasteiger partial charge on any atom is -0.480 e. The molecule has 0 aliphatic carbocycles. The number of ether oxygens (including phenoxy) is 7. The van der Waals surface area contributed by atoms with E-state index in [0.29, 0.717) is 105 Å². The zero-order valence-corrected chi connectivity index (χ0v) is 79.4. The first kappa shape index (κ1) is 121.